The van der Waals surface area contributed by atoms with E-state index in [1.54, 1.807) is 0 Å². The van der Waals surface area contributed by atoms with Crippen LogP contribution < -0.4 is 5.73 Å². The smallest absolute Gasteiger partial charge is 0.340 e. The lowest BCUT2D eigenvalue weighted by atomic mass is 9.65. The van der Waals surface area contributed by atoms with Gasteiger partial charge in [-0.1, -0.05) is 44.0 Å². The summed E-state index contributed by atoms with van der Waals surface area (Å²) >= 11 is 11.9. The predicted octanol–water partition coefficient (Wildman–Crippen LogP) is 4.16. The van der Waals surface area contributed by atoms with Gasteiger partial charge < -0.3 is 15.4 Å². The number of amides is 1. The lowest BCUT2D eigenvalue weighted by molar-refractivity contribution is -0.135. The average Bonchev–Trinajstić information content (AvgIpc) is 2.77. The molecule has 1 amide bonds. The van der Waals surface area contributed by atoms with E-state index in [1.807, 2.05) is 4.90 Å². The molecule has 2 N–H and O–H groups in total. The summed E-state index contributed by atoms with van der Waals surface area (Å²) in [7, 11) is 0. The van der Waals surface area contributed by atoms with Gasteiger partial charge in [-0.25, -0.2) is 4.79 Å². The number of nitrogens with two attached hydrogens (primary N) is 1. The highest BCUT2D eigenvalue weighted by atomic mass is 35.5. The van der Waals surface area contributed by atoms with Gasteiger partial charge in [0, 0.05) is 17.6 Å². The Kier molecular flexibility index (Phi) is 4.91. The van der Waals surface area contributed by atoms with Crippen LogP contribution in [0.4, 0.5) is 5.69 Å². The van der Waals surface area contributed by atoms with Gasteiger partial charge in [-0.05, 0) is 42.2 Å². The fraction of sp³-hybridized carbons (Fsp3) is 0.579. The van der Waals surface area contributed by atoms with Crippen LogP contribution in [0.15, 0.2) is 12.1 Å². The maximum absolute atomic E-state index is 12.7. The molecule has 3 rings (SSSR count). The van der Waals surface area contributed by atoms with E-state index in [1.165, 1.54) is 12.1 Å². The van der Waals surface area contributed by atoms with E-state index >= 15 is 0 Å². The Labute approximate surface area is 163 Å². The van der Waals surface area contributed by atoms with Gasteiger partial charge in [0.05, 0.1) is 16.3 Å². The fourth-order valence-electron chi connectivity index (χ4n) is 4.79. The van der Waals surface area contributed by atoms with Crippen molar-refractivity contribution in [3.8, 4) is 0 Å². The van der Waals surface area contributed by atoms with Crippen LogP contribution in [0.5, 0.6) is 0 Å². The Morgan fingerprint density at radius 2 is 1.96 bits per heavy atom. The molecule has 0 aromatic heterocycles. The van der Waals surface area contributed by atoms with Gasteiger partial charge in [-0.2, -0.15) is 0 Å². The van der Waals surface area contributed by atoms with Crippen molar-refractivity contribution in [2.45, 2.75) is 46.1 Å². The molecular formula is C19H24Cl2N2O3. The summed E-state index contributed by atoms with van der Waals surface area (Å²) in [5.74, 6) is -0.870. The van der Waals surface area contributed by atoms with Crippen molar-refractivity contribution in [3.05, 3.63) is 27.7 Å². The van der Waals surface area contributed by atoms with Gasteiger partial charge in [0.15, 0.2) is 6.61 Å². The molecule has 1 aromatic carbocycles. The maximum atomic E-state index is 12.7. The molecule has 1 aliphatic heterocycles. The molecule has 0 spiro atoms. The number of nitrogen functional groups attached to an aromatic ring is 1. The summed E-state index contributed by atoms with van der Waals surface area (Å²) in [6.45, 7) is 7.13. The van der Waals surface area contributed by atoms with Crippen molar-refractivity contribution >= 4 is 40.8 Å². The predicted molar refractivity (Wildman–Crippen MR) is 102 cm³/mol. The summed E-state index contributed by atoms with van der Waals surface area (Å²) in [6.07, 6.45) is 3.07. The van der Waals surface area contributed by atoms with E-state index in [4.69, 9.17) is 33.7 Å². The van der Waals surface area contributed by atoms with Crippen LogP contribution in [0.1, 0.15) is 50.4 Å². The van der Waals surface area contributed by atoms with E-state index in [-0.39, 0.29) is 50.7 Å². The highest BCUT2D eigenvalue weighted by Crippen LogP contribution is 2.52. The van der Waals surface area contributed by atoms with Crippen LogP contribution in [-0.4, -0.2) is 36.0 Å². The quantitative estimate of drug-likeness (QED) is 0.612. The zero-order valence-electron chi connectivity index (χ0n) is 15.3. The molecule has 2 aliphatic rings. The van der Waals surface area contributed by atoms with Crippen molar-refractivity contribution < 1.29 is 14.3 Å². The molecule has 142 valence electrons. The van der Waals surface area contributed by atoms with Crippen molar-refractivity contribution in [3.63, 3.8) is 0 Å². The molecule has 0 unspecified atom stereocenters. The number of carbonyl (C=O) groups excluding carboxylic acids is 2. The SMILES string of the molecule is CC1(C)C[C@H]2C[C@@](C)(CN2C(=O)COC(=O)c2cc(Cl)cc(Cl)c2N)C1. The van der Waals surface area contributed by atoms with Crippen molar-refractivity contribution in [1.29, 1.82) is 0 Å². The Bertz CT molecular complexity index is 765. The first-order chi connectivity index (χ1) is 12.0. The van der Waals surface area contributed by atoms with Gasteiger partial charge in [-0.15, -0.1) is 0 Å². The number of benzene rings is 1. The van der Waals surface area contributed by atoms with Crippen LogP contribution in [0.2, 0.25) is 10.0 Å². The third-order valence-corrected chi connectivity index (χ3v) is 5.91. The molecule has 1 aromatic rings. The van der Waals surface area contributed by atoms with Gasteiger partial charge in [0.2, 0.25) is 0 Å². The number of carbonyl (C=O) groups is 2. The number of hydrogen-bond donors (Lipinski definition) is 1. The lowest BCUT2D eigenvalue weighted by Crippen LogP contribution is -2.39. The standard InChI is InChI=1S/C19H24Cl2N2O3/c1-18(2)6-12-7-19(3,9-18)10-23(12)15(24)8-26-17(25)13-4-11(20)5-14(21)16(13)22/h4-5,12H,6-10,22H2,1-3H3/t12-,19+/m0/s1. The number of ether oxygens (including phenoxy) is 1. The Morgan fingerprint density at radius 3 is 2.65 bits per heavy atom. The van der Waals surface area contributed by atoms with Gasteiger partial charge in [0.1, 0.15) is 0 Å². The molecule has 1 saturated carbocycles. The van der Waals surface area contributed by atoms with E-state index < -0.39 is 5.97 Å². The second-order valence-corrected chi connectivity index (χ2v) is 9.50. The van der Waals surface area contributed by atoms with E-state index in [0.717, 1.165) is 19.3 Å². The third kappa shape index (κ3) is 3.79. The second-order valence-electron chi connectivity index (χ2n) is 8.66. The van der Waals surface area contributed by atoms with Crippen LogP contribution in [0.3, 0.4) is 0 Å². The molecule has 0 radical (unpaired) electrons. The van der Waals surface area contributed by atoms with Gasteiger partial charge in [0.25, 0.3) is 5.91 Å². The van der Waals surface area contributed by atoms with Gasteiger partial charge >= 0.3 is 5.97 Å². The number of esters is 1. The molecular weight excluding hydrogens is 375 g/mol. The normalized spacial score (nSPS) is 26.7. The summed E-state index contributed by atoms with van der Waals surface area (Å²) in [5.41, 5.74) is 6.33. The molecule has 2 atom stereocenters. The van der Waals surface area contributed by atoms with Crippen molar-refractivity contribution in [2.24, 2.45) is 10.8 Å². The number of rotatable bonds is 3. The summed E-state index contributed by atoms with van der Waals surface area (Å²) in [4.78, 5) is 26.8. The molecule has 5 nitrogen and oxygen atoms in total. The zero-order valence-corrected chi connectivity index (χ0v) is 16.8. The van der Waals surface area contributed by atoms with Gasteiger partial charge in [-0.3, -0.25) is 4.79 Å². The topological polar surface area (TPSA) is 72.6 Å². The first kappa shape index (κ1) is 19.3. The minimum absolute atomic E-state index is 0.0727. The summed E-state index contributed by atoms with van der Waals surface area (Å²) in [6, 6.07) is 3.05. The molecule has 1 heterocycles. The Hall–Kier alpha value is -1.46. The highest BCUT2D eigenvalue weighted by Gasteiger charge is 2.50. The fourth-order valence-corrected chi connectivity index (χ4v) is 5.29. The number of anilines is 1. The number of hydrogen-bond acceptors (Lipinski definition) is 4. The monoisotopic (exact) mass is 398 g/mol. The number of nitrogens with zero attached hydrogens (tertiary/aromatic N) is 1. The Morgan fingerprint density at radius 1 is 1.27 bits per heavy atom. The molecule has 2 fully saturated rings. The first-order valence-electron chi connectivity index (χ1n) is 8.71. The van der Waals surface area contributed by atoms with Crippen molar-refractivity contribution in [1.82, 2.24) is 4.90 Å². The molecule has 1 aliphatic carbocycles. The largest absolute Gasteiger partial charge is 0.452 e. The zero-order chi connectivity index (χ0) is 19.3. The summed E-state index contributed by atoms with van der Waals surface area (Å²) in [5, 5.41) is 0.463. The highest BCUT2D eigenvalue weighted by molar-refractivity contribution is 6.37. The first-order valence-corrected chi connectivity index (χ1v) is 9.46. The van der Waals surface area contributed by atoms with Crippen molar-refractivity contribution in [2.75, 3.05) is 18.9 Å². The van der Waals surface area contributed by atoms with Crippen LogP contribution >= 0.6 is 23.2 Å². The second kappa shape index (κ2) is 6.61. The minimum atomic E-state index is -0.700. The number of likely N-dealkylation sites (tertiary alicyclic amines) is 1. The number of fused-ring (bicyclic) bond motifs is 2. The minimum Gasteiger partial charge on any atom is -0.452 e. The maximum Gasteiger partial charge on any atom is 0.340 e. The van der Waals surface area contributed by atoms with Crippen LogP contribution in [0.25, 0.3) is 0 Å². The molecule has 7 heteroatoms. The summed E-state index contributed by atoms with van der Waals surface area (Å²) < 4.78 is 5.20. The third-order valence-electron chi connectivity index (χ3n) is 5.38. The molecule has 2 bridgehead atoms. The van der Waals surface area contributed by atoms with E-state index in [2.05, 4.69) is 20.8 Å². The van der Waals surface area contributed by atoms with Crippen LogP contribution in [0, 0.1) is 10.8 Å². The average molecular weight is 399 g/mol. The molecule has 26 heavy (non-hydrogen) atoms. The Balaban J connectivity index is 1.66. The van der Waals surface area contributed by atoms with Crippen LogP contribution in [-0.2, 0) is 9.53 Å². The van der Waals surface area contributed by atoms with E-state index in [9.17, 15) is 9.59 Å². The number of halogens is 2. The lowest BCUT2D eigenvalue weighted by Gasteiger charge is -2.39. The van der Waals surface area contributed by atoms with E-state index in [0.29, 0.717) is 6.54 Å². The molecule has 1 saturated heterocycles.